The minimum absolute atomic E-state index is 0.0161. The van der Waals surface area contributed by atoms with Crippen molar-refractivity contribution in [1.29, 1.82) is 0 Å². The Labute approximate surface area is 125 Å². The Bertz CT molecular complexity index is 782. The summed E-state index contributed by atoms with van der Waals surface area (Å²) >= 11 is 5.81. The zero-order valence-corrected chi connectivity index (χ0v) is 11.9. The summed E-state index contributed by atoms with van der Waals surface area (Å²) < 4.78 is 10.8. The number of nitrogens with zero attached hydrogens (tertiary/aromatic N) is 4. The highest BCUT2D eigenvalue weighted by Gasteiger charge is 2.08. The van der Waals surface area contributed by atoms with E-state index in [1.54, 1.807) is 12.3 Å². The van der Waals surface area contributed by atoms with E-state index in [4.69, 9.17) is 21.1 Å². The van der Waals surface area contributed by atoms with E-state index in [1.165, 1.54) is 0 Å². The van der Waals surface area contributed by atoms with Crippen molar-refractivity contribution in [3.8, 4) is 17.8 Å². The smallest absolute Gasteiger partial charge is 0.329 e. The van der Waals surface area contributed by atoms with Gasteiger partial charge in [0.2, 0.25) is 5.28 Å². The molecule has 7 heteroatoms. The summed E-state index contributed by atoms with van der Waals surface area (Å²) in [6, 6.07) is 9.57. The second-order valence-corrected chi connectivity index (χ2v) is 4.40. The van der Waals surface area contributed by atoms with E-state index in [9.17, 15) is 0 Å². The highest BCUT2D eigenvalue weighted by atomic mass is 35.5. The lowest BCUT2D eigenvalue weighted by molar-refractivity contribution is 0.303. The van der Waals surface area contributed by atoms with Gasteiger partial charge >= 0.3 is 12.0 Å². The summed E-state index contributed by atoms with van der Waals surface area (Å²) in [4.78, 5) is 16.0. The van der Waals surface area contributed by atoms with Crippen LogP contribution in [0.25, 0.3) is 10.9 Å². The van der Waals surface area contributed by atoms with E-state index in [-0.39, 0.29) is 17.3 Å². The first-order chi connectivity index (χ1) is 10.2. The average molecular weight is 303 g/mol. The van der Waals surface area contributed by atoms with Gasteiger partial charge in [-0.2, -0.15) is 9.97 Å². The van der Waals surface area contributed by atoms with Crippen molar-refractivity contribution in [2.24, 2.45) is 0 Å². The largest absolute Gasteiger partial charge is 0.464 e. The monoisotopic (exact) mass is 302 g/mol. The second kappa shape index (κ2) is 5.88. The first kappa shape index (κ1) is 13.5. The number of hydrogen-bond acceptors (Lipinski definition) is 6. The Hall–Kier alpha value is -2.47. The van der Waals surface area contributed by atoms with Crippen molar-refractivity contribution in [3.05, 3.63) is 41.8 Å². The molecule has 3 rings (SSSR count). The van der Waals surface area contributed by atoms with Crippen LogP contribution < -0.4 is 9.47 Å². The van der Waals surface area contributed by atoms with Crippen molar-refractivity contribution in [1.82, 2.24) is 19.9 Å². The van der Waals surface area contributed by atoms with Crippen molar-refractivity contribution in [2.75, 3.05) is 6.61 Å². The topological polar surface area (TPSA) is 70.0 Å². The number of ether oxygens (including phenoxy) is 2. The summed E-state index contributed by atoms with van der Waals surface area (Å²) in [7, 11) is 0. The van der Waals surface area contributed by atoms with E-state index in [0.29, 0.717) is 12.4 Å². The molecule has 0 radical (unpaired) electrons. The Morgan fingerprint density at radius 3 is 2.81 bits per heavy atom. The summed E-state index contributed by atoms with van der Waals surface area (Å²) in [5, 5.41) is 1.04. The van der Waals surface area contributed by atoms with Crippen molar-refractivity contribution < 1.29 is 9.47 Å². The second-order valence-electron chi connectivity index (χ2n) is 4.06. The van der Waals surface area contributed by atoms with E-state index in [0.717, 1.165) is 10.9 Å². The molecular weight excluding hydrogens is 292 g/mol. The number of hydrogen-bond donors (Lipinski definition) is 0. The van der Waals surface area contributed by atoms with Gasteiger partial charge < -0.3 is 9.47 Å². The van der Waals surface area contributed by atoms with E-state index in [2.05, 4.69) is 19.9 Å². The van der Waals surface area contributed by atoms with Gasteiger partial charge in [0, 0.05) is 17.6 Å². The van der Waals surface area contributed by atoms with E-state index >= 15 is 0 Å². The van der Waals surface area contributed by atoms with Gasteiger partial charge in [-0.3, -0.25) is 4.98 Å². The van der Waals surface area contributed by atoms with Gasteiger partial charge in [0.05, 0.1) is 12.1 Å². The standard InChI is InChI=1S/C14H11ClN4O2/c1-2-20-13-17-12(15)18-14(19-13)21-10-6-5-9-4-3-7-16-11(9)8-10/h3-8H,2H2,1H3. The maximum Gasteiger partial charge on any atom is 0.329 e. The fourth-order valence-corrected chi connectivity index (χ4v) is 1.91. The predicted molar refractivity (Wildman–Crippen MR) is 77.8 cm³/mol. The van der Waals surface area contributed by atoms with Crippen LogP contribution in [-0.4, -0.2) is 26.5 Å². The molecule has 6 nitrogen and oxygen atoms in total. The highest BCUT2D eigenvalue weighted by Crippen LogP contribution is 2.24. The third-order valence-corrected chi connectivity index (χ3v) is 2.80. The molecule has 0 aliphatic heterocycles. The fraction of sp³-hybridized carbons (Fsp3) is 0.143. The van der Waals surface area contributed by atoms with Crippen LogP contribution in [0.15, 0.2) is 36.5 Å². The maximum atomic E-state index is 5.81. The van der Waals surface area contributed by atoms with Gasteiger partial charge in [0.1, 0.15) is 5.75 Å². The molecule has 3 aromatic rings. The highest BCUT2D eigenvalue weighted by molar-refractivity contribution is 6.28. The van der Waals surface area contributed by atoms with Crippen LogP contribution in [-0.2, 0) is 0 Å². The summed E-state index contributed by atoms with van der Waals surface area (Å²) in [5.74, 6) is 0.561. The third kappa shape index (κ3) is 3.17. The first-order valence-electron chi connectivity index (χ1n) is 6.31. The average Bonchev–Trinajstić information content (AvgIpc) is 2.47. The molecule has 106 valence electrons. The molecule has 0 bridgehead atoms. The molecule has 0 saturated heterocycles. The molecule has 21 heavy (non-hydrogen) atoms. The molecule has 0 N–H and O–H groups in total. The van der Waals surface area contributed by atoms with Gasteiger partial charge in [-0.1, -0.05) is 6.07 Å². The van der Waals surface area contributed by atoms with Gasteiger partial charge in [-0.05, 0) is 36.7 Å². The van der Waals surface area contributed by atoms with Crippen LogP contribution in [0.5, 0.6) is 17.8 Å². The number of fused-ring (bicyclic) bond motifs is 1. The molecule has 0 saturated carbocycles. The summed E-state index contributed by atoms with van der Waals surface area (Å²) in [5.41, 5.74) is 0.820. The van der Waals surface area contributed by atoms with Crippen LogP contribution >= 0.6 is 11.6 Å². The number of benzene rings is 1. The Balaban J connectivity index is 1.90. The maximum absolute atomic E-state index is 5.81. The van der Waals surface area contributed by atoms with Gasteiger partial charge in [-0.25, -0.2) is 0 Å². The molecular formula is C14H11ClN4O2. The summed E-state index contributed by atoms with van der Waals surface area (Å²) in [6.45, 7) is 2.26. The number of halogens is 1. The molecule has 0 fully saturated rings. The lowest BCUT2D eigenvalue weighted by atomic mass is 10.2. The predicted octanol–water partition coefficient (Wildman–Crippen LogP) is 3.26. The van der Waals surface area contributed by atoms with Crippen molar-refractivity contribution in [3.63, 3.8) is 0 Å². The van der Waals surface area contributed by atoms with Crippen LogP contribution in [0.1, 0.15) is 6.92 Å². The molecule has 0 spiro atoms. The normalized spacial score (nSPS) is 10.6. The molecule has 2 aromatic heterocycles. The molecule has 0 aliphatic rings. The summed E-state index contributed by atoms with van der Waals surface area (Å²) in [6.07, 6.45) is 1.72. The van der Waals surface area contributed by atoms with Crippen LogP contribution in [0.2, 0.25) is 5.28 Å². The fourth-order valence-electron chi connectivity index (χ4n) is 1.77. The van der Waals surface area contributed by atoms with E-state index in [1.807, 2.05) is 31.2 Å². The zero-order valence-electron chi connectivity index (χ0n) is 11.2. The Morgan fingerprint density at radius 1 is 1.10 bits per heavy atom. The van der Waals surface area contributed by atoms with Gasteiger partial charge in [-0.15, -0.1) is 4.98 Å². The van der Waals surface area contributed by atoms with Crippen LogP contribution in [0.3, 0.4) is 0 Å². The number of pyridine rings is 1. The number of aromatic nitrogens is 4. The number of rotatable bonds is 4. The quantitative estimate of drug-likeness (QED) is 0.736. The SMILES string of the molecule is CCOc1nc(Cl)nc(Oc2ccc3cccnc3c2)n1. The van der Waals surface area contributed by atoms with Gasteiger partial charge in [0.25, 0.3) is 0 Å². The van der Waals surface area contributed by atoms with Crippen LogP contribution in [0.4, 0.5) is 0 Å². The lowest BCUT2D eigenvalue weighted by Crippen LogP contribution is -2.01. The minimum atomic E-state index is 0.0161. The Kier molecular flexibility index (Phi) is 3.79. The van der Waals surface area contributed by atoms with E-state index < -0.39 is 0 Å². The molecule has 0 aliphatic carbocycles. The van der Waals surface area contributed by atoms with Crippen molar-refractivity contribution >= 4 is 22.5 Å². The van der Waals surface area contributed by atoms with Gasteiger partial charge in [0.15, 0.2) is 0 Å². The molecule has 2 heterocycles. The molecule has 1 aromatic carbocycles. The molecule has 0 amide bonds. The Morgan fingerprint density at radius 2 is 1.95 bits per heavy atom. The van der Waals surface area contributed by atoms with Crippen LogP contribution in [0, 0.1) is 0 Å². The molecule has 0 atom stereocenters. The van der Waals surface area contributed by atoms with Crippen molar-refractivity contribution in [2.45, 2.75) is 6.92 Å². The first-order valence-corrected chi connectivity index (χ1v) is 6.69. The lowest BCUT2D eigenvalue weighted by Gasteiger charge is -2.06. The minimum Gasteiger partial charge on any atom is -0.464 e. The zero-order chi connectivity index (χ0) is 14.7. The molecule has 0 unspecified atom stereocenters. The third-order valence-electron chi connectivity index (χ3n) is 2.63.